The molecule has 1 fully saturated rings. The lowest BCUT2D eigenvalue weighted by atomic mass is 10.1. The van der Waals surface area contributed by atoms with Gasteiger partial charge in [0.15, 0.2) is 0 Å². The van der Waals surface area contributed by atoms with E-state index < -0.39 is 0 Å². The molecule has 2 aliphatic rings. The van der Waals surface area contributed by atoms with Crippen LogP contribution in [0.5, 0.6) is 0 Å². The van der Waals surface area contributed by atoms with Gasteiger partial charge in [0.2, 0.25) is 0 Å². The normalized spacial score (nSPS) is 18.0. The Labute approximate surface area is 186 Å². The third-order valence-electron chi connectivity index (χ3n) is 6.27. The molecule has 1 atom stereocenters. The van der Waals surface area contributed by atoms with Crippen LogP contribution < -0.4 is 4.90 Å². The molecule has 8 heteroatoms. The number of carbonyl (C=O) groups excluding carboxylic acids is 2. The molecule has 0 bridgehead atoms. The summed E-state index contributed by atoms with van der Waals surface area (Å²) in [6, 6.07) is 10.5. The standard InChI is InChI=1S/C24H25N5O3/c1-17-14-18-4-2-3-5-21(18)29(17)16-22-19(6-13-32-22)23(30)27-9-11-28(12-10-27)24(31)20-15-25-7-8-26-20/h2-8,13,15,17H,9-12,14,16H2,1H3. The molecule has 2 aromatic heterocycles. The molecular formula is C24H25N5O3. The smallest absolute Gasteiger partial charge is 0.274 e. The highest BCUT2D eigenvalue weighted by atomic mass is 16.3. The van der Waals surface area contributed by atoms with Gasteiger partial charge in [-0.1, -0.05) is 18.2 Å². The molecule has 5 rings (SSSR count). The molecule has 2 aliphatic heterocycles. The number of para-hydroxylation sites is 1. The van der Waals surface area contributed by atoms with Crippen LogP contribution in [0.3, 0.4) is 0 Å². The van der Waals surface area contributed by atoms with Crippen molar-refractivity contribution < 1.29 is 14.0 Å². The predicted octanol–water partition coefficient (Wildman–Crippen LogP) is 2.62. The number of hydrogen-bond acceptors (Lipinski definition) is 6. The maximum Gasteiger partial charge on any atom is 0.274 e. The van der Waals surface area contributed by atoms with Crippen LogP contribution in [0.15, 0.2) is 59.6 Å². The second-order valence-electron chi connectivity index (χ2n) is 8.24. The van der Waals surface area contributed by atoms with Crippen LogP contribution in [0.1, 0.15) is 39.1 Å². The zero-order valence-electron chi connectivity index (χ0n) is 18.0. The summed E-state index contributed by atoms with van der Waals surface area (Å²) in [5.74, 6) is 0.466. The van der Waals surface area contributed by atoms with E-state index in [-0.39, 0.29) is 11.8 Å². The topological polar surface area (TPSA) is 82.8 Å². The highest BCUT2D eigenvalue weighted by molar-refractivity contribution is 5.96. The minimum absolute atomic E-state index is 0.0551. The van der Waals surface area contributed by atoms with Crippen molar-refractivity contribution in [1.29, 1.82) is 0 Å². The second kappa shape index (κ2) is 8.45. The summed E-state index contributed by atoms with van der Waals surface area (Å²) < 4.78 is 5.75. The molecule has 0 aliphatic carbocycles. The van der Waals surface area contributed by atoms with Gasteiger partial charge < -0.3 is 19.1 Å². The zero-order chi connectivity index (χ0) is 22.1. The average Bonchev–Trinajstić information content (AvgIpc) is 3.43. The summed E-state index contributed by atoms with van der Waals surface area (Å²) in [6.45, 7) is 4.61. The Morgan fingerprint density at radius 3 is 2.53 bits per heavy atom. The lowest BCUT2D eigenvalue weighted by Gasteiger charge is -2.34. The molecule has 1 saturated heterocycles. The lowest BCUT2D eigenvalue weighted by molar-refractivity contribution is 0.0530. The largest absolute Gasteiger partial charge is 0.467 e. The summed E-state index contributed by atoms with van der Waals surface area (Å²) in [5.41, 5.74) is 3.44. The van der Waals surface area contributed by atoms with Gasteiger partial charge in [-0.15, -0.1) is 0 Å². The molecule has 32 heavy (non-hydrogen) atoms. The third kappa shape index (κ3) is 3.72. The highest BCUT2D eigenvalue weighted by Gasteiger charge is 2.31. The zero-order valence-corrected chi connectivity index (χ0v) is 18.0. The van der Waals surface area contributed by atoms with Crippen molar-refractivity contribution in [1.82, 2.24) is 19.8 Å². The van der Waals surface area contributed by atoms with Gasteiger partial charge in [0.25, 0.3) is 11.8 Å². The van der Waals surface area contributed by atoms with E-state index in [0.29, 0.717) is 55.8 Å². The Morgan fingerprint density at radius 1 is 1.03 bits per heavy atom. The molecule has 0 saturated carbocycles. The van der Waals surface area contributed by atoms with Gasteiger partial charge in [0.05, 0.1) is 24.6 Å². The summed E-state index contributed by atoms with van der Waals surface area (Å²) in [7, 11) is 0. The lowest BCUT2D eigenvalue weighted by Crippen LogP contribution is -2.50. The first kappa shape index (κ1) is 20.2. The van der Waals surface area contributed by atoms with Crippen molar-refractivity contribution in [3.63, 3.8) is 0 Å². The monoisotopic (exact) mass is 431 g/mol. The van der Waals surface area contributed by atoms with Crippen molar-refractivity contribution in [2.45, 2.75) is 25.9 Å². The first-order valence-corrected chi connectivity index (χ1v) is 10.9. The fourth-order valence-electron chi connectivity index (χ4n) is 4.53. The molecule has 0 N–H and O–H groups in total. The van der Waals surface area contributed by atoms with Crippen molar-refractivity contribution in [3.8, 4) is 0 Å². The summed E-state index contributed by atoms with van der Waals surface area (Å²) >= 11 is 0. The minimum atomic E-state index is -0.157. The van der Waals surface area contributed by atoms with Gasteiger partial charge in [-0.3, -0.25) is 14.6 Å². The van der Waals surface area contributed by atoms with Crippen LogP contribution in [0, 0.1) is 0 Å². The molecule has 8 nitrogen and oxygen atoms in total. The number of anilines is 1. The fourth-order valence-corrected chi connectivity index (χ4v) is 4.53. The van der Waals surface area contributed by atoms with Gasteiger partial charge in [0, 0.05) is 50.3 Å². The van der Waals surface area contributed by atoms with Crippen LogP contribution >= 0.6 is 0 Å². The van der Waals surface area contributed by atoms with Crippen LogP contribution in [0.25, 0.3) is 0 Å². The highest BCUT2D eigenvalue weighted by Crippen LogP contribution is 2.33. The molecule has 1 aromatic carbocycles. The molecule has 2 amide bonds. The molecule has 4 heterocycles. The molecule has 164 valence electrons. The number of rotatable bonds is 4. The SMILES string of the molecule is CC1Cc2ccccc2N1Cc1occc1C(=O)N1CCN(C(=O)c2cnccn2)CC1. The van der Waals surface area contributed by atoms with Crippen LogP contribution in [-0.2, 0) is 13.0 Å². The molecule has 0 radical (unpaired) electrons. The quantitative estimate of drug-likeness (QED) is 0.632. The van der Waals surface area contributed by atoms with Crippen molar-refractivity contribution in [2.75, 3.05) is 31.1 Å². The Hall–Kier alpha value is -3.68. The van der Waals surface area contributed by atoms with E-state index in [1.54, 1.807) is 22.1 Å². The number of nitrogens with zero attached hydrogens (tertiary/aromatic N) is 5. The Bertz CT molecular complexity index is 1120. The maximum atomic E-state index is 13.3. The summed E-state index contributed by atoms with van der Waals surface area (Å²) in [4.78, 5) is 39.7. The van der Waals surface area contributed by atoms with E-state index in [4.69, 9.17) is 4.42 Å². The molecule has 3 aromatic rings. The maximum absolute atomic E-state index is 13.3. The minimum Gasteiger partial charge on any atom is -0.467 e. The number of amides is 2. The van der Waals surface area contributed by atoms with Crippen molar-refractivity contribution >= 4 is 17.5 Å². The Balaban J connectivity index is 1.25. The number of hydrogen-bond donors (Lipinski definition) is 0. The first-order valence-electron chi connectivity index (χ1n) is 10.9. The van der Waals surface area contributed by atoms with E-state index in [1.165, 1.54) is 29.8 Å². The summed E-state index contributed by atoms with van der Waals surface area (Å²) in [5, 5.41) is 0. The van der Waals surface area contributed by atoms with Crippen LogP contribution in [0.2, 0.25) is 0 Å². The van der Waals surface area contributed by atoms with Crippen molar-refractivity contribution in [2.24, 2.45) is 0 Å². The van der Waals surface area contributed by atoms with Gasteiger partial charge in [-0.05, 0) is 31.0 Å². The molecular weight excluding hydrogens is 406 g/mol. The first-order chi connectivity index (χ1) is 15.6. The molecule has 0 spiro atoms. The number of furan rings is 1. The number of piperazine rings is 1. The number of benzene rings is 1. The average molecular weight is 431 g/mol. The van der Waals surface area contributed by atoms with Crippen LogP contribution in [-0.4, -0.2) is 63.8 Å². The van der Waals surface area contributed by atoms with Crippen LogP contribution in [0.4, 0.5) is 5.69 Å². The number of fused-ring (bicyclic) bond motifs is 1. The fraction of sp³-hybridized carbons (Fsp3) is 0.333. The second-order valence-corrected chi connectivity index (χ2v) is 8.24. The van der Waals surface area contributed by atoms with E-state index in [0.717, 1.165) is 6.42 Å². The van der Waals surface area contributed by atoms with E-state index in [2.05, 4.69) is 40.0 Å². The number of carbonyl (C=O) groups is 2. The predicted molar refractivity (Wildman–Crippen MR) is 118 cm³/mol. The van der Waals surface area contributed by atoms with E-state index in [9.17, 15) is 9.59 Å². The molecule has 1 unspecified atom stereocenters. The van der Waals surface area contributed by atoms with E-state index in [1.807, 2.05) is 6.07 Å². The Morgan fingerprint density at radius 2 is 1.78 bits per heavy atom. The van der Waals surface area contributed by atoms with Gasteiger partial charge in [0.1, 0.15) is 11.5 Å². The Kier molecular flexibility index (Phi) is 5.34. The van der Waals surface area contributed by atoms with Gasteiger partial charge >= 0.3 is 0 Å². The van der Waals surface area contributed by atoms with Gasteiger partial charge in [-0.25, -0.2) is 4.98 Å². The number of aromatic nitrogens is 2. The van der Waals surface area contributed by atoms with Crippen molar-refractivity contribution in [3.05, 3.63) is 77.8 Å². The van der Waals surface area contributed by atoms with E-state index >= 15 is 0 Å². The summed E-state index contributed by atoms with van der Waals surface area (Å²) in [6.07, 6.45) is 7.09. The van der Waals surface area contributed by atoms with Gasteiger partial charge in [-0.2, -0.15) is 0 Å². The third-order valence-corrected chi connectivity index (χ3v) is 6.27.